The average molecular weight is 280 g/mol. The largest absolute Gasteiger partial charge is 0.478 e. The van der Waals surface area contributed by atoms with Crippen LogP contribution in [0, 0.1) is 0 Å². The molecule has 0 fully saturated rings. The van der Waals surface area contributed by atoms with Crippen molar-refractivity contribution in [3.05, 3.63) is 23.9 Å². The zero-order chi connectivity index (χ0) is 14.6. The molecule has 0 unspecified atom stereocenters. The highest BCUT2D eigenvalue weighted by atomic mass is 16.5. The molecule has 6 heteroatoms. The summed E-state index contributed by atoms with van der Waals surface area (Å²) in [4.78, 5) is 8.39. The lowest BCUT2D eigenvalue weighted by Gasteiger charge is -2.13. The number of aliphatic imine (C=N–C) groups is 1. The normalized spacial score (nSPS) is 11.2. The van der Waals surface area contributed by atoms with E-state index in [1.807, 2.05) is 19.1 Å². The lowest BCUT2D eigenvalue weighted by atomic mass is 10.2. The Balaban J connectivity index is 2.44. The Morgan fingerprint density at radius 1 is 1.40 bits per heavy atom. The average Bonchev–Trinajstić information content (AvgIpc) is 2.48. The van der Waals surface area contributed by atoms with Gasteiger partial charge in [0.2, 0.25) is 5.88 Å². The molecule has 20 heavy (non-hydrogen) atoms. The number of pyridine rings is 1. The second-order valence-corrected chi connectivity index (χ2v) is 4.10. The van der Waals surface area contributed by atoms with Crippen molar-refractivity contribution in [1.29, 1.82) is 0 Å². The predicted octanol–water partition coefficient (Wildman–Crippen LogP) is 1.18. The molecule has 1 aromatic heterocycles. The van der Waals surface area contributed by atoms with E-state index in [2.05, 4.69) is 20.6 Å². The minimum Gasteiger partial charge on any atom is -0.478 e. The third-order valence-corrected chi connectivity index (χ3v) is 2.62. The van der Waals surface area contributed by atoms with Crippen molar-refractivity contribution in [2.75, 3.05) is 33.9 Å². The maximum Gasteiger partial charge on any atom is 0.218 e. The molecule has 0 aliphatic rings. The number of guanidine groups is 1. The van der Waals surface area contributed by atoms with Crippen LogP contribution in [0.5, 0.6) is 5.88 Å². The van der Waals surface area contributed by atoms with Gasteiger partial charge in [-0.25, -0.2) is 4.98 Å². The molecule has 0 saturated carbocycles. The van der Waals surface area contributed by atoms with E-state index in [-0.39, 0.29) is 0 Å². The fourth-order valence-corrected chi connectivity index (χ4v) is 1.65. The summed E-state index contributed by atoms with van der Waals surface area (Å²) < 4.78 is 10.5. The summed E-state index contributed by atoms with van der Waals surface area (Å²) in [6.45, 7) is 4.73. The predicted molar refractivity (Wildman–Crippen MR) is 80.1 cm³/mol. The molecule has 0 atom stereocenters. The lowest BCUT2D eigenvalue weighted by Crippen LogP contribution is -2.37. The van der Waals surface area contributed by atoms with Crippen molar-refractivity contribution in [1.82, 2.24) is 15.6 Å². The van der Waals surface area contributed by atoms with Gasteiger partial charge in [0.05, 0.1) is 6.61 Å². The summed E-state index contributed by atoms with van der Waals surface area (Å²) >= 11 is 0. The monoisotopic (exact) mass is 280 g/mol. The number of ether oxygens (including phenoxy) is 2. The first-order valence-electron chi connectivity index (χ1n) is 6.82. The zero-order valence-electron chi connectivity index (χ0n) is 12.5. The van der Waals surface area contributed by atoms with E-state index in [0.717, 1.165) is 31.1 Å². The summed E-state index contributed by atoms with van der Waals surface area (Å²) in [7, 11) is 3.45. The lowest BCUT2D eigenvalue weighted by molar-refractivity contribution is 0.195. The first kappa shape index (κ1) is 16.2. The van der Waals surface area contributed by atoms with E-state index in [4.69, 9.17) is 9.47 Å². The molecule has 0 aliphatic carbocycles. The maximum absolute atomic E-state index is 5.49. The fraction of sp³-hybridized carbons (Fsp3) is 0.571. The minimum atomic E-state index is 0.605. The third kappa shape index (κ3) is 5.88. The molecule has 1 rings (SSSR count). The highest BCUT2D eigenvalue weighted by molar-refractivity contribution is 5.79. The summed E-state index contributed by atoms with van der Waals surface area (Å²) in [6, 6.07) is 3.89. The molecule has 0 bridgehead atoms. The van der Waals surface area contributed by atoms with Gasteiger partial charge >= 0.3 is 0 Å². The Bertz CT molecular complexity index is 410. The van der Waals surface area contributed by atoms with Crippen LogP contribution in [-0.2, 0) is 11.3 Å². The van der Waals surface area contributed by atoms with Crippen LogP contribution in [0.15, 0.2) is 23.3 Å². The molecule has 0 aromatic carbocycles. The van der Waals surface area contributed by atoms with E-state index in [1.165, 1.54) is 0 Å². The Morgan fingerprint density at radius 2 is 2.25 bits per heavy atom. The number of nitrogens with zero attached hydrogens (tertiary/aromatic N) is 2. The van der Waals surface area contributed by atoms with Gasteiger partial charge in [0.1, 0.15) is 0 Å². The molecule has 0 aliphatic heterocycles. The van der Waals surface area contributed by atoms with E-state index < -0.39 is 0 Å². The standard InChI is InChI=1S/C14H24N4O2/c1-4-20-13-12(7-5-8-16-13)11-18-14(15-2)17-9-6-10-19-3/h5,7-8H,4,6,9-11H2,1-3H3,(H2,15,17,18). The number of rotatable bonds is 8. The molecule has 0 radical (unpaired) electrons. The molecular weight excluding hydrogens is 256 g/mol. The first-order chi connectivity index (χ1) is 9.81. The molecule has 0 amide bonds. The van der Waals surface area contributed by atoms with Crippen molar-refractivity contribution >= 4 is 5.96 Å². The fourth-order valence-electron chi connectivity index (χ4n) is 1.65. The van der Waals surface area contributed by atoms with Gasteiger partial charge < -0.3 is 20.1 Å². The molecule has 6 nitrogen and oxygen atoms in total. The van der Waals surface area contributed by atoms with Gasteiger partial charge in [-0.2, -0.15) is 0 Å². The third-order valence-electron chi connectivity index (χ3n) is 2.62. The van der Waals surface area contributed by atoms with E-state index >= 15 is 0 Å². The van der Waals surface area contributed by atoms with Crippen LogP contribution in [0.3, 0.4) is 0 Å². The summed E-state index contributed by atoms with van der Waals surface area (Å²) in [6.07, 6.45) is 2.67. The van der Waals surface area contributed by atoms with Gasteiger partial charge in [-0.3, -0.25) is 4.99 Å². The zero-order valence-corrected chi connectivity index (χ0v) is 12.5. The van der Waals surface area contributed by atoms with Crippen LogP contribution in [0.1, 0.15) is 18.9 Å². The first-order valence-corrected chi connectivity index (χ1v) is 6.82. The Labute approximate surface area is 120 Å². The van der Waals surface area contributed by atoms with Gasteiger partial charge in [0.25, 0.3) is 0 Å². The van der Waals surface area contributed by atoms with Crippen LogP contribution in [0.2, 0.25) is 0 Å². The molecule has 1 aromatic rings. The highest BCUT2D eigenvalue weighted by Crippen LogP contribution is 2.13. The Kier molecular flexibility index (Phi) is 8.14. The van der Waals surface area contributed by atoms with E-state index in [0.29, 0.717) is 19.0 Å². The quantitative estimate of drug-likeness (QED) is 0.425. The summed E-state index contributed by atoms with van der Waals surface area (Å²) in [5.74, 6) is 1.42. The van der Waals surface area contributed by atoms with Crippen molar-refractivity contribution in [3.8, 4) is 5.88 Å². The molecule has 2 N–H and O–H groups in total. The van der Waals surface area contributed by atoms with E-state index in [9.17, 15) is 0 Å². The van der Waals surface area contributed by atoms with Crippen LogP contribution in [0.4, 0.5) is 0 Å². The number of nitrogens with one attached hydrogen (secondary N) is 2. The van der Waals surface area contributed by atoms with Crippen LogP contribution >= 0.6 is 0 Å². The molecule has 0 spiro atoms. The van der Waals surface area contributed by atoms with Gasteiger partial charge in [-0.1, -0.05) is 6.07 Å². The maximum atomic E-state index is 5.49. The smallest absolute Gasteiger partial charge is 0.218 e. The number of hydrogen-bond donors (Lipinski definition) is 2. The second-order valence-electron chi connectivity index (χ2n) is 4.10. The van der Waals surface area contributed by atoms with Crippen molar-refractivity contribution in [2.24, 2.45) is 4.99 Å². The topological polar surface area (TPSA) is 67.8 Å². The van der Waals surface area contributed by atoms with Gasteiger partial charge in [0, 0.05) is 45.6 Å². The highest BCUT2D eigenvalue weighted by Gasteiger charge is 2.05. The van der Waals surface area contributed by atoms with Crippen LogP contribution in [0.25, 0.3) is 0 Å². The van der Waals surface area contributed by atoms with Gasteiger partial charge in [-0.15, -0.1) is 0 Å². The Hall–Kier alpha value is -1.82. The SMILES string of the molecule is CCOc1ncccc1CNC(=NC)NCCCOC. The molecular formula is C14H24N4O2. The van der Waals surface area contributed by atoms with Crippen molar-refractivity contribution < 1.29 is 9.47 Å². The van der Waals surface area contributed by atoms with Crippen LogP contribution < -0.4 is 15.4 Å². The number of aromatic nitrogens is 1. The van der Waals surface area contributed by atoms with Gasteiger partial charge in [0.15, 0.2) is 5.96 Å². The number of hydrogen-bond acceptors (Lipinski definition) is 4. The van der Waals surface area contributed by atoms with Crippen molar-refractivity contribution in [3.63, 3.8) is 0 Å². The summed E-state index contributed by atoms with van der Waals surface area (Å²) in [5, 5.41) is 6.46. The van der Waals surface area contributed by atoms with Crippen molar-refractivity contribution in [2.45, 2.75) is 19.9 Å². The number of methoxy groups -OCH3 is 1. The Morgan fingerprint density at radius 3 is 2.95 bits per heavy atom. The molecule has 0 saturated heterocycles. The molecule has 112 valence electrons. The minimum absolute atomic E-state index is 0.605. The summed E-state index contributed by atoms with van der Waals surface area (Å²) in [5.41, 5.74) is 1.01. The van der Waals surface area contributed by atoms with Gasteiger partial charge in [-0.05, 0) is 19.4 Å². The second kappa shape index (κ2) is 10.0. The van der Waals surface area contributed by atoms with E-state index in [1.54, 1.807) is 20.4 Å². The van der Waals surface area contributed by atoms with Crippen LogP contribution in [-0.4, -0.2) is 44.9 Å². The molecule has 1 heterocycles.